The molecule has 122 valence electrons. The Hall–Kier alpha value is -2.95. The molecule has 0 atom stereocenters. The maximum Gasteiger partial charge on any atom is 0.226 e. The van der Waals surface area contributed by atoms with Gasteiger partial charge in [-0.3, -0.25) is 9.78 Å². The summed E-state index contributed by atoms with van der Waals surface area (Å²) in [7, 11) is 0. The Morgan fingerprint density at radius 3 is 2.79 bits per heavy atom. The van der Waals surface area contributed by atoms with Gasteiger partial charge in [-0.1, -0.05) is 23.8 Å². The second kappa shape index (κ2) is 7.55. The molecular formula is C19H19N3O2. The van der Waals surface area contributed by atoms with Crippen LogP contribution in [0.3, 0.4) is 0 Å². The summed E-state index contributed by atoms with van der Waals surface area (Å²) in [6.45, 7) is 2.40. The lowest BCUT2D eigenvalue weighted by Crippen LogP contribution is -2.23. The van der Waals surface area contributed by atoms with Crippen LogP contribution >= 0.6 is 0 Å². The number of oxazole rings is 1. The summed E-state index contributed by atoms with van der Waals surface area (Å²) < 4.78 is 5.48. The summed E-state index contributed by atoms with van der Waals surface area (Å²) in [6.07, 6.45) is 6.18. The molecule has 1 N–H and O–H groups in total. The molecule has 0 saturated carbocycles. The van der Waals surface area contributed by atoms with Crippen LogP contribution in [0.5, 0.6) is 0 Å². The van der Waals surface area contributed by atoms with Crippen molar-refractivity contribution in [3.8, 4) is 11.5 Å². The first-order valence-electron chi connectivity index (χ1n) is 7.88. The lowest BCUT2D eigenvalue weighted by atomic mass is 10.1. The first-order chi connectivity index (χ1) is 11.7. The summed E-state index contributed by atoms with van der Waals surface area (Å²) in [6, 6.07) is 11.8. The van der Waals surface area contributed by atoms with Gasteiger partial charge in [-0.15, -0.1) is 0 Å². The normalized spacial score (nSPS) is 10.5. The van der Waals surface area contributed by atoms with E-state index in [4.69, 9.17) is 4.42 Å². The van der Waals surface area contributed by atoms with Gasteiger partial charge in [-0.25, -0.2) is 4.98 Å². The van der Waals surface area contributed by atoms with Crippen LogP contribution in [0.1, 0.15) is 23.2 Å². The van der Waals surface area contributed by atoms with E-state index in [1.54, 1.807) is 18.7 Å². The number of aromatic nitrogens is 2. The van der Waals surface area contributed by atoms with Gasteiger partial charge < -0.3 is 9.73 Å². The first kappa shape index (κ1) is 15.9. The maximum atomic E-state index is 11.9. The second-order valence-electron chi connectivity index (χ2n) is 5.65. The lowest BCUT2D eigenvalue weighted by Gasteiger charge is -2.03. The van der Waals surface area contributed by atoms with Crippen LogP contribution in [0.15, 0.2) is 59.5 Å². The molecule has 0 radical (unpaired) electrons. The minimum atomic E-state index is -0.0151. The van der Waals surface area contributed by atoms with Crippen LogP contribution in [-0.4, -0.2) is 15.9 Å². The number of pyridine rings is 1. The third kappa shape index (κ3) is 4.29. The smallest absolute Gasteiger partial charge is 0.226 e. The van der Waals surface area contributed by atoms with Gasteiger partial charge in [0.1, 0.15) is 6.26 Å². The Kier molecular flexibility index (Phi) is 5.01. The van der Waals surface area contributed by atoms with Gasteiger partial charge >= 0.3 is 0 Å². The average Bonchev–Trinajstić information content (AvgIpc) is 3.09. The summed E-state index contributed by atoms with van der Waals surface area (Å²) in [5.41, 5.74) is 3.87. The Balaban J connectivity index is 1.50. The monoisotopic (exact) mass is 321 g/mol. The number of benzene rings is 1. The minimum absolute atomic E-state index is 0.0151. The van der Waals surface area contributed by atoms with Crippen molar-refractivity contribution in [2.45, 2.75) is 26.3 Å². The average molecular weight is 321 g/mol. The molecule has 0 unspecified atom stereocenters. The number of amides is 1. The SMILES string of the molecule is Cc1ccc(-c2nc(CNC(=O)CCc3cccnc3)co2)cc1. The van der Waals surface area contributed by atoms with E-state index >= 15 is 0 Å². The van der Waals surface area contributed by atoms with Crippen molar-refractivity contribution in [1.82, 2.24) is 15.3 Å². The predicted molar refractivity (Wildman–Crippen MR) is 91.1 cm³/mol. The lowest BCUT2D eigenvalue weighted by molar-refractivity contribution is -0.121. The van der Waals surface area contributed by atoms with E-state index in [-0.39, 0.29) is 5.91 Å². The van der Waals surface area contributed by atoms with Crippen molar-refractivity contribution in [3.63, 3.8) is 0 Å². The van der Waals surface area contributed by atoms with E-state index in [1.807, 2.05) is 43.3 Å². The maximum absolute atomic E-state index is 11.9. The van der Waals surface area contributed by atoms with Gasteiger partial charge in [0.05, 0.1) is 12.2 Å². The van der Waals surface area contributed by atoms with E-state index in [9.17, 15) is 4.79 Å². The molecule has 0 saturated heterocycles. The van der Waals surface area contributed by atoms with E-state index in [0.717, 1.165) is 11.1 Å². The largest absolute Gasteiger partial charge is 0.444 e. The highest BCUT2D eigenvalue weighted by Crippen LogP contribution is 2.19. The van der Waals surface area contributed by atoms with Crippen molar-refractivity contribution >= 4 is 5.91 Å². The minimum Gasteiger partial charge on any atom is -0.444 e. The summed E-state index contributed by atoms with van der Waals surface area (Å²) in [5, 5.41) is 2.86. The first-order valence-corrected chi connectivity index (χ1v) is 7.88. The fraction of sp³-hybridized carbons (Fsp3) is 0.211. The second-order valence-corrected chi connectivity index (χ2v) is 5.65. The number of nitrogens with zero attached hydrogens (tertiary/aromatic N) is 2. The Morgan fingerprint density at radius 2 is 2.04 bits per heavy atom. The van der Waals surface area contributed by atoms with E-state index in [2.05, 4.69) is 15.3 Å². The molecule has 3 rings (SSSR count). The summed E-state index contributed by atoms with van der Waals surface area (Å²) in [4.78, 5) is 20.4. The quantitative estimate of drug-likeness (QED) is 0.756. The Labute approximate surface area is 140 Å². The Bertz CT molecular complexity index is 795. The molecule has 1 amide bonds. The van der Waals surface area contributed by atoms with Crippen LogP contribution in [0.25, 0.3) is 11.5 Å². The fourth-order valence-electron chi connectivity index (χ4n) is 2.30. The molecule has 0 fully saturated rings. The number of nitrogens with one attached hydrogen (secondary N) is 1. The number of carbonyl (C=O) groups is 1. The third-order valence-electron chi connectivity index (χ3n) is 3.68. The molecular weight excluding hydrogens is 302 g/mol. The topological polar surface area (TPSA) is 68.0 Å². The number of rotatable bonds is 6. The van der Waals surface area contributed by atoms with Gasteiger partial charge in [0.2, 0.25) is 11.8 Å². The molecule has 5 nitrogen and oxygen atoms in total. The highest BCUT2D eigenvalue weighted by molar-refractivity contribution is 5.76. The molecule has 0 spiro atoms. The molecule has 3 aromatic rings. The number of hydrogen-bond acceptors (Lipinski definition) is 4. The van der Waals surface area contributed by atoms with Gasteiger partial charge in [0.15, 0.2) is 0 Å². The van der Waals surface area contributed by atoms with Crippen molar-refractivity contribution in [2.24, 2.45) is 0 Å². The standard InChI is InChI=1S/C19H19N3O2/c1-14-4-7-16(8-5-14)19-22-17(13-24-19)12-21-18(23)9-6-15-3-2-10-20-11-15/h2-5,7-8,10-11,13H,6,9,12H2,1H3,(H,21,23). The van der Waals surface area contributed by atoms with Crippen molar-refractivity contribution in [2.75, 3.05) is 0 Å². The van der Waals surface area contributed by atoms with Crippen molar-refractivity contribution in [3.05, 3.63) is 71.9 Å². The summed E-state index contributed by atoms with van der Waals surface area (Å²) >= 11 is 0. The molecule has 24 heavy (non-hydrogen) atoms. The number of aryl methyl sites for hydroxylation is 2. The molecule has 0 aliphatic carbocycles. The van der Waals surface area contributed by atoms with Crippen LogP contribution in [0.2, 0.25) is 0 Å². The number of hydrogen-bond donors (Lipinski definition) is 1. The van der Waals surface area contributed by atoms with E-state index < -0.39 is 0 Å². The molecule has 2 heterocycles. The molecule has 0 aliphatic rings. The van der Waals surface area contributed by atoms with Gasteiger partial charge in [-0.2, -0.15) is 0 Å². The third-order valence-corrected chi connectivity index (χ3v) is 3.68. The highest BCUT2D eigenvalue weighted by atomic mass is 16.3. The van der Waals surface area contributed by atoms with Crippen LogP contribution in [0, 0.1) is 6.92 Å². The van der Waals surface area contributed by atoms with Crippen LogP contribution in [0.4, 0.5) is 0 Å². The van der Waals surface area contributed by atoms with E-state index in [1.165, 1.54) is 5.56 Å². The molecule has 1 aromatic carbocycles. The van der Waals surface area contributed by atoms with Crippen LogP contribution in [-0.2, 0) is 17.8 Å². The molecule has 2 aromatic heterocycles. The molecule has 0 bridgehead atoms. The molecule has 0 aliphatic heterocycles. The highest BCUT2D eigenvalue weighted by Gasteiger charge is 2.08. The Morgan fingerprint density at radius 1 is 1.21 bits per heavy atom. The van der Waals surface area contributed by atoms with Crippen molar-refractivity contribution in [1.29, 1.82) is 0 Å². The van der Waals surface area contributed by atoms with Gasteiger partial charge in [0, 0.05) is 24.4 Å². The van der Waals surface area contributed by atoms with Crippen LogP contribution < -0.4 is 5.32 Å². The van der Waals surface area contributed by atoms with Gasteiger partial charge in [0.25, 0.3) is 0 Å². The zero-order valence-electron chi connectivity index (χ0n) is 13.5. The summed E-state index contributed by atoms with van der Waals surface area (Å²) in [5.74, 6) is 0.549. The fourth-order valence-corrected chi connectivity index (χ4v) is 2.30. The zero-order chi connectivity index (χ0) is 16.8. The zero-order valence-corrected chi connectivity index (χ0v) is 13.5. The predicted octanol–water partition coefficient (Wildman–Crippen LogP) is 3.29. The van der Waals surface area contributed by atoms with Crippen molar-refractivity contribution < 1.29 is 9.21 Å². The molecule has 5 heteroatoms. The van der Waals surface area contributed by atoms with E-state index in [0.29, 0.717) is 31.0 Å². The van der Waals surface area contributed by atoms with Gasteiger partial charge in [-0.05, 0) is 37.1 Å². The number of carbonyl (C=O) groups excluding carboxylic acids is 1.